The van der Waals surface area contributed by atoms with Gasteiger partial charge in [-0.2, -0.15) is 4.31 Å². The van der Waals surface area contributed by atoms with Crippen molar-refractivity contribution >= 4 is 21.4 Å². The summed E-state index contributed by atoms with van der Waals surface area (Å²) in [5, 5.41) is 14.6. The third-order valence-corrected chi connectivity index (χ3v) is 7.24. The van der Waals surface area contributed by atoms with Crippen LogP contribution in [-0.4, -0.2) is 50.6 Å². The highest BCUT2D eigenvalue weighted by Gasteiger charge is 2.52. The maximum absolute atomic E-state index is 12.4. The molecule has 0 aromatic carbocycles. The number of nitrogens with one attached hydrogen (secondary N) is 1. The molecular weight excluding hydrogens is 272 g/mol. The lowest BCUT2D eigenvalue weighted by atomic mass is 9.82. The predicted octanol–water partition coefficient (Wildman–Crippen LogP) is -0.0495. The Morgan fingerprint density at radius 1 is 1.61 bits per heavy atom. The molecule has 2 N–H and O–H groups in total. The van der Waals surface area contributed by atoms with Crippen molar-refractivity contribution in [1.29, 1.82) is 0 Å². The van der Waals surface area contributed by atoms with Gasteiger partial charge in [-0.05, 0) is 23.9 Å². The fraction of sp³-hybridized carbons (Fsp3) is 0.636. The van der Waals surface area contributed by atoms with Crippen molar-refractivity contribution in [1.82, 2.24) is 9.62 Å². The molecule has 100 valence electrons. The van der Waals surface area contributed by atoms with Gasteiger partial charge in [-0.15, -0.1) is 11.3 Å². The van der Waals surface area contributed by atoms with Crippen molar-refractivity contribution in [3.8, 4) is 0 Å². The van der Waals surface area contributed by atoms with Gasteiger partial charge in [0.25, 0.3) is 10.0 Å². The van der Waals surface area contributed by atoms with Gasteiger partial charge < -0.3 is 10.4 Å². The summed E-state index contributed by atoms with van der Waals surface area (Å²) in [5.41, 5.74) is -0.287. The fourth-order valence-corrected chi connectivity index (χ4v) is 5.64. The fourth-order valence-electron chi connectivity index (χ4n) is 2.92. The molecule has 0 radical (unpaired) electrons. The smallest absolute Gasteiger partial charge is 0.252 e. The Kier molecular flexibility index (Phi) is 2.98. The summed E-state index contributed by atoms with van der Waals surface area (Å²) >= 11 is 1.24. The summed E-state index contributed by atoms with van der Waals surface area (Å²) in [4.78, 5) is 0. The summed E-state index contributed by atoms with van der Waals surface area (Å²) in [6.07, 6.45) is 0. The molecule has 2 aliphatic heterocycles. The van der Waals surface area contributed by atoms with Crippen LogP contribution in [0.3, 0.4) is 0 Å². The third kappa shape index (κ3) is 1.73. The Labute approximate surface area is 110 Å². The van der Waals surface area contributed by atoms with Crippen LogP contribution >= 0.6 is 11.3 Å². The predicted molar refractivity (Wildman–Crippen MR) is 69.0 cm³/mol. The molecule has 2 aliphatic rings. The molecule has 7 heteroatoms. The number of nitrogens with zero attached hydrogens (tertiary/aromatic N) is 1. The second-order valence-electron chi connectivity index (χ2n) is 5.08. The van der Waals surface area contributed by atoms with E-state index in [1.165, 1.54) is 15.6 Å². The van der Waals surface area contributed by atoms with Crippen LogP contribution in [0.4, 0.5) is 0 Å². The molecule has 3 heterocycles. The van der Waals surface area contributed by atoms with E-state index in [4.69, 9.17) is 0 Å². The first-order chi connectivity index (χ1) is 8.58. The molecule has 1 aromatic rings. The van der Waals surface area contributed by atoms with Crippen LogP contribution in [-0.2, 0) is 10.0 Å². The molecule has 0 amide bonds. The first-order valence-corrected chi connectivity index (χ1v) is 8.26. The van der Waals surface area contributed by atoms with Gasteiger partial charge in [-0.1, -0.05) is 6.07 Å². The Hall–Kier alpha value is -0.470. The van der Waals surface area contributed by atoms with E-state index in [-0.39, 0.29) is 17.9 Å². The highest BCUT2D eigenvalue weighted by atomic mass is 32.2. The van der Waals surface area contributed by atoms with E-state index in [0.717, 1.165) is 6.54 Å². The van der Waals surface area contributed by atoms with Gasteiger partial charge in [0.15, 0.2) is 0 Å². The molecule has 0 spiro atoms. The standard InChI is InChI=1S/C11H16N2O3S2/c14-8-11-6-12-4-9(11)5-13(7-11)18(15,16)10-2-1-3-17-10/h1-3,9,12,14H,4-8H2. The van der Waals surface area contributed by atoms with Gasteiger partial charge in [-0.25, -0.2) is 8.42 Å². The van der Waals surface area contributed by atoms with E-state index in [2.05, 4.69) is 5.32 Å². The molecule has 0 saturated carbocycles. The molecule has 2 unspecified atom stereocenters. The van der Waals surface area contributed by atoms with Crippen LogP contribution in [0.1, 0.15) is 0 Å². The van der Waals surface area contributed by atoms with E-state index in [0.29, 0.717) is 23.8 Å². The molecule has 0 bridgehead atoms. The van der Waals surface area contributed by atoms with E-state index in [9.17, 15) is 13.5 Å². The van der Waals surface area contributed by atoms with E-state index in [1.807, 2.05) is 0 Å². The van der Waals surface area contributed by atoms with Crippen molar-refractivity contribution in [2.45, 2.75) is 4.21 Å². The lowest BCUT2D eigenvalue weighted by Crippen LogP contribution is -2.37. The zero-order valence-electron chi connectivity index (χ0n) is 9.87. The summed E-state index contributed by atoms with van der Waals surface area (Å²) in [6, 6.07) is 3.38. The molecule has 3 rings (SSSR count). The van der Waals surface area contributed by atoms with Gasteiger partial charge in [0.1, 0.15) is 4.21 Å². The molecule has 2 fully saturated rings. The minimum Gasteiger partial charge on any atom is -0.396 e. The highest BCUT2D eigenvalue weighted by molar-refractivity contribution is 7.91. The summed E-state index contributed by atoms with van der Waals surface area (Å²) in [6.45, 7) is 2.46. The number of aliphatic hydroxyl groups is 1. The van der Waals surface area contributed by atoms with Crippen molar-refractivity contribution in [2.24, 2.45) is 11.3 Å². The summed E-state index contributed by atoms with van der Waals surface area (Å²) < 4.78 is 26.8. The molecule has 5 nitrogen and oxygen atoms in total. The highest BCUT2D eigenvalue weighted by Crippen LogP contribution is 2.41. The number of hydrogen-bond donors (Lipinski definition) is 2. The van der Waals surface area contributed by atoms with E-state index < -0.39 is 10.0 Å². The second kappa shape index (κ2) is 4.28. The van der Waals surface area contributed by atoms with Crippen LogP contribution < -0.4 is 5.32 Å². The maximum atomic E-state index is 12.4. The lowest BCUT2D eigenvalue weighted by molar-refractivity contribution is 0.130. The number of rotatable bonds is 3. The van der Waals surface area contributed by atoms with Gasteiger partial charge in [0, 0.05) is 25.0 Å². The Morgan fingerprint density at radius 2 is 2.44 bits per heavy atom. The average Bonchev–Trinajstić information content (AvgIpc) is 3.04. The molecule has 18 heavy (non-hydrogen) atoms. The minimum absolute atomic E-state index is 0.0428. The number of thiophene rings is 1. The van der Waals surface area contributed by atoms with Crippen molar-refractivity contribution in [3.63, 3.8) is 0 Å². The van der Waals surface area contributed by atoms with Crippen molar-refractivity contribution in [2.75, 3.05) is 32.8 Å². The number of hydrogen-bond acceptors (Lipinski definition) is 5. The average molecular weight is 288 g/mol. The summed E-state index contributed by atoms with van der Waals surface area (Å²) in [7, 11) is -3.37. The summed E-state index contributed by atoms with van der Waals surface area (Å²) in [5.74, 6) is 0.220. The first-order valence-electron chi connectivity index (χ1n) is 5.94. The van der Waals surface area contributed by atoms with Gasteiger partial charge in [0.2, 0.25) is 0 Å². The normalized spacial score (nSPS) is 32.8. The second-order valence-corrected chi connectivity index (χ2v) is 8.19. The van der Waals surface area contributed by atoms with Gasteiger partial charge >= 0.3 is 0 Å². The van der Waals surface area contributed by atoms with Crippen LogP contribution in [0.2, 0.25) is 0 Å². The minimum atomic E-state index is -3.37. The number of sulfonamides is 1. The van der Waals surface area contributed by atoms with Crippen molar-refractivity contribution < 1.29 is 13.5 Å². The lowest BCUT2D eigenvalue weighted by Gasteiger charge is -2.24. The largest absolute Gasteiger partial charge is 0.396 e. The van der Waals surface area contributed by atoms with Crippen LogP contribution in [0.15, 0.2) is 21.7 Å². The molecule has 1 aromatic heterocycles. The van der Waals surface area contributed by atoms with E-state index >= 15 is 0 Å². The first kappa shape index (κ1) is 12.6. The Bertz CT molecular complexity index is 528. The Morgan fingerprint density at radius 3 is 3.06 bits per heavy atom. The maximum Gasteiger partial charge on any atom is 0.252 e. The third-order valence-electron chi connectivity index (χ3n) is 4.05. The number of fused-ring (bicyclic) bond motifs is 1. The van der Waals surface area contributed by atoms with Crippen molar-refractivity contribution in [3.05, 3.63) is 17.5 Å². The topological polar surface area (TPSA) is 69.6 Å². The zero-order chi connectivity index (χ0) is 12.8. The van der Waals surface area contributed by atoms with Gasteiger partial charge in [-0.3, -0.25) is 0 Å². The van der Waals surface area contributed by atoms with E-state index in [1.54, 1.807) is 17.5 Å². The number of aliphatic hydroxyl groups excluding tert-OH is 1. The monoisotopic (exact) mass is 288 g/mol. The molecule has 2 atom stereocenters. The zero-order valence-corrected chi connectivity index (χ0v) is 11.5. The molecule has 0 aliphatic carbocycles. The SMILES string of the molecule is O=S(=O)(c1cccs1)N1CC2CNCC2(CO)C1. The van der Waals surface area contributed by atoms with Crippen LogP contribution in [0, 0.1) is 11.3 Å². The van der Waals surface area contributed by atoms with Crippen LogP contribution in [0.25, 0.3) is 0 Å². The van der Waals surface area contributed by atoms with Crippen LogP contribution in [0.5, 0.6) is 0 Å². The van der Waals surface area contributed by atoms with Gasteiger partial charge in [0.05, 0.1) is 6.61 Å². The molecule has 2 saturated heterocycles. The Balaban J connectivity index is 1.89. The quantitative estimate of drug-likeness (QED) is 0.818. The molecular formula is C11H16N2O3S2.